The topological polar surface area (TPSA) is 101 Å². The zero-order valence-electron chi connectivity index (χ0n) is 15.5. The highest BCUT2D eigenvalue weighted by Gasteiger charge is 2.52. The number of imide groups is 1. The van der Waals surface area contributed by atoms with Gasteiger partial charge in [0, 0.05) is 23.7 Å². The van der Waals surface area contributed by atoms with Crippen LogP contribution in [0.2, 0.25) is 0 Å². The highest BCUT2D eigenvalue weighted by molar-refractivity contribution is 8.00. The number of aliphatic carboxylic acids is 1. The van der Waals surface area contributed by atoms with Gasteiger partial charge in [0.2, 0.25) is 5.91 Å². The van der Waals surface area contributed by atoms with Crippen molar-refractivity contribution in [1.29, 1.82) is 0 Å². The quantitative estimate of drug-likeness (QED) is 0.598. The Hall–Kier alpha value is -2.07. The van der Waals surface area contributed by atoms with Gasteiger partial charge in [0.1, 0.15) is 6.04 Å². The van der Waals surface area contributed by atoms with Crippen LogP contribution in [0.5, 0.6) is 0 Å². The molecule has 0 saturated carbocycles. The Balaban J connectivity index is 1.80. The maximum absolute atomic E-state index is 13.0. The predicted molar refractivity (Wildman–Crippen MR) is 104 cm³/mol. The number of carboxylic acids is 1. The summed E-state index contributed by atoms with van der Waals surface area (Å²) in [6.45, 7) is 2.99. The molecule has 1 aromatic rings. The van der Waals surface area contributed by atoms with Crippen molar-refractivity contribution in [3.8, 4) is 0 Å². The van der Waals surface area contributed by atoms with Crippen LogP contribution in [0.15, 0.2) is 17.5 Å². The molecule has 2 fully saturated rings. The van der Waals surface area contributed by atoms with E-state index >= 15 is 0 Å². The third kappa shape index (κ3) is 4.17. The van der Waals surface area contributed by atoms with E-state index in [1.807, 2.05) is 24.4 Å². The van der Waals surface area contributed by atoms with Gasteiger partial charge in [0.15, 0.2) is 0 Å². The Bertz CT molecular complexity index is 754. The lowest BCUT2D eigenvalue weighted by Gasteiger charge is -2.43. The maximum atomic E-state index is 13.0. The highest BCUT2D eigenvalue weighted by atomic mass is 32.2. The van der Waals surface area contributed by atoms with Gasteiger partial charge >= 0.3 is 6.03 Å². The number of thioether (sulfide) groups is 1. The second-order valence-corrected chi connectivity index (χ2v) is 8.75. The first-order chi connectivity index (χ1) is 13.4. The molecule has 0 spiro atoms. The number of thiophene rings is 1. The largest absolute Gasteiger partial charge is 0.549 e. The summed E-state index contributed by atoms with van der Waals surface area (Å²) in [7, 11) is 0. The number of nitrogens with zero attached hydrogens (tertiary/aromatic N) is 3. The second-order valence-electron chi connectivity index (χ2n) is 6.73. The molecule has 0 aliphatic carbocycles. The maximum Gasteiger partial charge on any atom is 0.327 e. The first-order valence-corrected chi connectivity index (χ1v) is 11.2. The summed E-state index contributed by atoms with van der Waals surface area (Å²) in [6.07, 6.45) is 1.17. The van der Waals surface area contributed by atoms with E-state index in [0.29, 0.717) is 32.5 Å². The van der Waals surface area contributed by atoms with Gasteiger partial charge in [-0.15, -0.1) is 23.1 Å². The zero-order chi connectivity index (χ0) is 20.3. The minimum atomic E-state index is -1.23. The van der Waals surface area contributed by atoms with Gasteiger partial charge < -0.3 is 19.7 Å². The monoisotopic (exact) mass is 424 g/mol. The summed E-state index contributed by atoms with van der Waals surface area (Å²) in [5.74, 6) is -2.15. The Morgan fingerprint density at radius 3 is 2.75 bits per heavy atom. The van der Waals surface area contributed by atoms with E-state index < -0.39 is 12.0 Å². The van der Waals surface area contributed by atoms with E-state index in [2.05, 4.69) is 0 Å². The van der Waals surface area contributed by atoms with Gasteiger partial charge in [0.25, 0.3) is 5.91 Å². The molecule has 0 aromatic carbocycles. The lowest BCUT2D eigenvalue weighted by atomic mass is 10.0. The van der Waals surface area contributed by atoms with E-state index in [9.17, 15) is 24.3 Å². The van der Waals surface area contributed by atoms with Crippen LogP contribution in [0.1, 0.15) is 24.6 Å². The fraction of sp³-hybridized carbons (Fsp3) is 0.556. The molecule has 2 saturated heterocycles. The van der Waals surface area contributed by atoms with Crippen molar-refractivity contribution in [2.75, 3.05) is 24.6 Å². The molecule has 28 heavy (non-hydrogen) atoms. The average molecular weight is 425 g/mol. The van der Waals surface area contributed by atoms with Gasteiger partial charge in [-0.25, -0.2) is 4.79 Å². The molecule has 1 aromatic heterocycles. The lowest BCUT2D eigenvalue weighted by molar-refractivity contribution is -0.301. The SMILES string of the molecule is CCCN1C(=O)[C@@H]2[C@@H](CCN2C(=O)CSCC(=O)[O-])N(Cc2cccs2)C1=O. The van der Waals surface area contributed by atoms with Crippen LogP contribution in [0.4, 0.5) is 4.79 Å². The number of fused-ring (bicyclic) bond motifs is 1. The highest BCUT2D eigenvalue weighted by Crippen LogP contribution is 2.32. The van der Waals surface area contributed by atoms with E-state index in [1.54, 1.807) is 16.2 Å². The Morgan fingerprint density at radius 1 is 1.32 bits per heavy atom. The van der Waals surface area contributed by atoms with E-state index in [4.69, 9.17) is 0 Å². The molecule has 0 bridgehead atoms. The second kappa shape index (κ2) is 8.95. The summed E-state index contributed by atoms with van der Waals surface area (Å²) in [4.78, 5) is 54.7. The number of rotatable bonds is 8. The standard InChI is InChI=1S/C18H23N3O5S2/c1-2-6-20-17(25)16-13(21(18(20)26)9-12-4-3-8-28-12)5-7-19(16)14(22)10-27-11-15(23)24/h3-4,8,13,16H,2,5-7,9-11H2,1H3,(H,23,24)/p-1/t13-,16+/m1/s1. The Labute approximate surface area is 171 Å². The lowest BCUT2D eigenvalue weighted by Crippen LogP contribution is -2.65. The Morgan fingerprint density at radius 2 is 2.11 bits per heavy atom. The molecule has 10 heteroatoms. The summed E-state index contributed by atoms with van der Waals surface area (Å²) >= 11 is 2.50. The van der Waals surface area contributed by atoms with Gasteiger partial charge in [0.05, 0.1) is 24.3 Å². The van der Waals surface area contributed by atoms with Gasteiger partial charge in [-0.2, -0.15) is 0 Å². The van der Waals surface area contributed by atoms with Crippen molar-refractivity contribution in [2.45, 2.75) is 38.4 Å². The number of hydrogen-bond acceptors (Lipinski definition) is 7. The number of hydrogen-bond donors (Lipinski definition) is 0. The molecule has 4 amide bonds. The molecule has 2 aliphatic rings. The number of carboxylic acid groups (broad SMARTS) is 1. The van der Waals surface area contributed by atoms with Gasteiger partial charge in [-0.05, 0) is 24.3 Å². The summed E-state index contributed by atoms with van der Waals surface area (Å²) in [5, 5.41) is 12.5. The molecule has 2 atom stereocenters. The molecule has 152 valence electrons. The van der Waals surface area contributed by atoms with E-state index in [0.717, 1.165) is 16.6 Å². The van der Waals surface area contributed by atoms with Gasteiger partial charge in [-0.3, -0.25) is 14.5 Å². The third-order valence-corrected chi connectivity index (χ3v) is 6.63. The summed E-state index contributed by atoms with van der Waals surface area (Å²) < 4.78 is 0. The minimum absolute atomic E-state index is 0.0306. The molecule has 0 radical (unpaired) electrons. The number of urea groups is 1. The van der Waals surface area contributed by atoms with Crippen molar-refractivity contribution in [1.82, 2.24) is 14.7 Å². The number of amides is 4. The van der Waals surface area contributed by atoms with Crippen molar-refractivity contribution in [2.24, 2.45) is 0 Å². The molecular weight excluding hydrogens is 402 g/mol. The van der Waals surface area contributed by atoms with Gasteiger partial charge in [-0.1, -0.05) is 13.0 Å². The molecule has 0 unspecified atom stereocenters. The number of carbonyl (C=O) groups excluding carboxylic acids is 4. The van der Waals surface area contributed by atoms with Crippen molar-refractivity contribution in [3.05, 3.63) is 22.4 Å². The molecule has 8 nitrogen and oxygen atoms in total. The van der Waals surface area contributed by atoms with E-state index in [-0.39, 0.29) is 35.4 Å². The first-order valence-electron chi connectivity index (χ1n) is 9.15. The fourth-order valence-electron chi connectivity index (χ4n) is 3.72. The van der Waals surface area contributed by atoms with Crippen LogP contribution in [0.25, 0.3) is 0 Å². The van der Waals surface area contributed by atoms with Crippen LogP contribution < -0.4 is 5.11 Å². The predicted octanol–water partition coefficient (Wildman–Crippen LogP) is 0.375. The van der Waals surface area contributed by atoms with E-state index in [1.165, 1.54) is 9.80 Å². The average Bonchev–Trinajstić information content (AvgIpc) is 3.31. The smallest absolute Gasteiger partial charge is 0.327 e. The summed E-state index contributed by atoms with van der Waals surface area (Å²) in [6, 6.07) is 2.50. The summed E-state index contributed by atoms with van der Waals surface area (Å²) in [5.41, 5.74) is 0. The number of likely N-dealkylation sites (tertiary alicyclic amines) is 1. The minimum Gasteiger partial charge on any atom is -0.549 e. The molecule has 3 heterocycles. The van der Waals surface area contributed by atoms with Crippen LogP contribution >= 0.6 is 23.1 Å². The van der Waals surface area contributed by atoms with Crippen LogP contribution in [-0.2, 0) is 20.9 Å². The molecule has 3 rings (SSSR count). The zero-order valence-corrected chi connectivity index (χ0v) is 17.2. The fourth-order valence-corrected chi connectivity index (χ4v) is 5.03. The van der Waals surface area contributed by atoms with Crippen molar-refractivity contribution >= 4 is 46.9 Å². The number of carbonyl (C=O) groups is 4. The van der Waals surface area contributed by atoms with Crippen LogP contribution in [-0.4, -0.2) is 75.2 Å². The first kappa shape index (κ1) is 20.7. The van der Waals surface area contributed by atoms with Crippen molar-refractivity contribution in [3.63, 3.8) is 0 Å². The van der Waals surface area contributed by atoms with Crippen molar-refractivity contribution < 1.29 is 24.3 Å². The third-order valence-electron chi connectivity index (χ3n) is 4.88. The normalized spacial score (nSPS) is 22.0. The molecular formula is C18H22N3O5S2-. The Kier molecular flexibility index (Phi) is 6.61. The molecule has 2 aliphatic heterocycles. The van der Waals surface area contributed by atoms with Crippen LogP contribution in [0.3, 0.4) is 0 Å². The van der Waals surface area contributed by atoms with Crippen LogP contribution in [0, 0.1) is 0 Å². The molecule has 0 N–H and O–H groups in total.